The van der Waals surface area contributed by atoms with Crippen LogP contribution >= 0.6 is 0 Å². The number of aromatic amines is 1. The normalized spacial score (nSPS) is 12.1. The number of rotatable bonds is 3. The van der Waals surface area contributed by atoms with Gasteiger partial charge in [0.1, 0.15) is 5.75 Å². The predicted molar refractivity (Wildman–Crippen MR) is 97.0 cm³/mol. The zero-order valence-corrected chi connectivity index (χ0v) is 15.6. The highest BCUT2D eigenvalue weighted by molar-refractivity contribution is 5.73. The molecule has 1 aromatic carbocycles. The van der Waals surface area contributed by atoms with Crippen LogP contribution in [0.2, 0.25) is 0 Å². The summed E-state index contributed by atoms with van der Waals surface area (Å²) in [6, 6.07) is 4.08. The van der Waals surface area contributed by atoms with E-state index in [-0.39, 0.29) is 16.8 Å². The Bertz CT molecular complexity index is 685. The van der Waals surface area contributed by atoms with Gasteiger partial charge in [-0.3, -0.25) is 9.89 Å². The Kier molecular flexibility index (Phi) is 4.74. The molecule has 0 aliphatic rings. The Balaban J connectivity index is 2.66. The number of hydrogen-bond acceptors (Lipinski definition) is 4. The van der Waals surface area contributed by atoms with Gasteiger partial charge in [0.05, 0.1) is 11.9 Å². The highest BCUT2D eigenvalue weighted by atomic mass is 16.5. The number of nitrogens with zero attached hydrogens (tertiary/aromatic N) is 1. The Morgan fingerprint density at radius 2 is 1.58 bits per heavy atom. The molecule has 130 valence electrons. The summed E-state index contributed by atoms with van der Waals surface area (Å²) in [4.78, 5) is 11.7. The number of carbonyl (C=O) groups excluding carboxylic acids is 1. The first-order chi connectivity index (χ1) is 11.0. The largest absolute Gasteiger partial charge is 0.426 e. The molecule has 5 nitrogen and oxygen atoms in total. The van der Waals surface area contributed by atoms with E-state index >= 15 is 0 Å². The van der Waals surface area contributed by atoms with E-state index in [2.05, 4.69) is 57.1 Å². The molecule has 2 rings (SSSR count). The fourth-order valence-electron chi connectivity index (χ4n) is 2.55. The van der Waals surface area contributed by atoms with E-state index in [1.165, 1.54) is 6.92 Å². The van der Waals surface area contributed by atoms with E-state index in [9.17, 15) is 4.79 Å². The minimum atomic E-state index is -0.304. The predicted octanol–water partition coefficient (Wildman–Crippen LogP) is 4.67. The minimum Gasteiger partial charge on any atom is -0.426 e. The van der Waals surface area contributed by atoms with Crippen molar-refractivity contribution in [2.75, 3.05) is 5.32 Å². The Morgan fingerprint density at radius 1 is 1.04 bits per heavy atom. The van der Waals surface area contributed by atoms with Crippen LogP contribution in [0.1, 0.15) is 59.6 Å². The number of carbonyl (C=O) groups is 1. The van der Waals surface area contributed by atoms with Gasteiger partial charge >= 0.3 is 5.97 Å². The summed E-state index contributed by atoms with van der Waals surface area (Å²) in [5.74, 6) is 0.363. The highest BCUT2D eigenvalue weighted by Gasteiger charge is 2.28. The topological polar surface area (TPSA) is 67.0 Å². The van der Waals surface area contributed by atoms with E-state index in [4.69, 9.17) is 4.74 Å². The lowest BCUT2D eigenvalue weighted by atomic mass is 9.79. The summed E-state index contributed by atoms with van der Waals surface area (Å²) < 4.78 is 5.63. The first-order valence-electron chi connectivity index (χ1n) is 8.11. The number of aromatic nitrogens is 2. The molecule has 0 bridgehead atoms. The molecular formula is C19H27N3O2. The van der Waals surface area contributed by atoms with Gasteiger partial charge in [-0.25, -0.2) is 0 Å². The zero-order valence-electron chi connectivity index (χ0n) is 15.6. The summed E-state index contributed by atoms with van der Waals surface area (Å²) >= 11 is 0. The molecule has 0 aliphatic carbocycles. The second-order valence-electron chi connectivity index (χ2n) is 8.11. The van der Waals surface area contributed by atoms with Crippen molar-refractivity contribution in [3.8, 4) is 5.75 Å². The van der Waals surface area contributed by atoms with Crippen molar-refractivity contribution >= 4 is 17.3 Å². The molecule has 1 aromatic heterocycles. The van der Waals surface area contributed by atoms with E-state index in [1.54, 1.807) is 12.4 Å². The molecule has 0 radical (unpaired) electrons. The summed E-state index contributed by atoms with van der Waals surface area (Å²) in [5, 5.41) is 10.1. The zero-order chi connectivity index (χ0) is 18.1. The molecule has 0 fully saturated rings. The van der Waals surface area contributed by atoms with Crippen LogP contribution in [0.3, 0.4) is 0 Å². The van der Waals surface area contributed by atoms with Crippen LogP contribution in [0.25, 0.3) is 0 Å². The maximum Gasteiger partial charge on any atom is 0.308 e. The van der Waals surface area contributed by atoms with E-state index in [0.29, 0.717) is 5.75 Å². The van der Waals surface area contributed by atoms with Crippen LogP contribution in [0.4, 0.5) is 11.4 Å². The SMILES string of the molecule is CC(=O)Oc1c(C(C)(C)C)cc(Nc2cn[nH]c2)cc1C(C)(C)C. The molecule has 0 saturated heterocycles. The van der Waals surface area contributed by atoms with Crippen molar-refractivity contribution in [2.45, 2.75) is 59.3 Å². The van der Waals surface area contributed by atoms with Crippen molar-refractivity contribution < 1.29 is 9.53 Å². The minimum absolute atomic E-state index is 0.168. The van der Waals surface area contributed by atoms with Gasteiger partial charge in [-0.15, -0.1) is 0 Å². The van der Waals surface area contributed by atoms with Gasteiger partial charge in [0.15, 0.2) is 0 Å². The maximum atomic E-state index is 11.7. The molecule has 0 unspecified atom stereocenters. The highest BCUT2D eigenvalue weighted by Crippen LogP contribution is 2.42. The molecule has 0 spiro atoms. The average molecular weight is 329 g/mol. The summed E-state index contributed by atoms with van der Waals surface area (Å²) in [7, 11) is 0. The second-order valence-corrected chi connectivity index (χ2v) is 8.11. The van der Waals surface area contributed by atoms with Gasteiger partial charge in [0, 0.05) is 29.9 Å². The first kappa shape index (κ1) is 18.0. The molecule has 24 heavy (non-hydrogen) atoms. The third-order valence-electron chi connectivity index (χ3n) is 3.74. The van der Waals surface area contributed by atoms with Crippen LogP contribution in [0.15, 0.2) is 24.5 Å². The van der Waals surface area contributed by atoms with Crippen molar-refractivity contribution in [1.29, 1.82) is 0 Å². The van der Waals surface area contributed by atoms with Crippen molar-refractivity contribution in [3.63, 3.8) is 0 Å². The van der Waals surface area contributed by atoms with Gasteiger partial charge in [-0.2, -0.15) is 5.10 Å². The smallest absolute Gasteiger partial charge is 0.308 e. The van der Waals surface area contributed by atoms with Crippen molar-refractivity contribution in [1.82, 2.24) is 10.2 Å². The molecular weight excluding hydrogens is 302 g/mol. The molecule has 0 atom stereocenters. The number of benzene rings is 1. The monoisotopic (exact) mass is 329 g/mol. The Hall–Kier alpha value is -2.30. The third kappa shape index (κ3) is 4.16. The standard InChI is InChI=1S/C19H27N3O2/c1-12(23)24-17-15(18(2,3)4)8-13(9-16(17)19(5,6)7)22-14-10-20-21-11-14/h8-11,22H,1-7H3,(H,20,21). The summed E-state index contributed by atoms with van der Waals surface area (Å²) in [5.41, 5.74) is 3.49. The molecule has 0 amide bonds. The van der Waals surface area contributed by atoms with Gasteiger partial charge in [0.2, 0.25) is 0 Å². The van der Waals surface area contributed by atoms with Crippen LogP contribution < -0.4 is 10.1 Å². The lowest BCUT2D eigenvalue weighted by Crippen LogP contribution is -2.21. The Morgan fingerprint density at radius 3 is 1.96 bits per heavy atom. The number of hydrogen-bond donors (Lipinski definition) is 2. The molecule has 0 aliphatic heterocycles. The van der Waals surface area contributed by atoms with Gasteiger partial charge in [-0.05, 0) is 23.0 Å². The fraction of sp³-hybridized carbons (Fsp3) is 0.474. The molecule has 2 N–H and O–H groups in total. The summed E-state index contributed by atoms with van der Waals surface area (Å²) in [6.45, 7) is 14.1. The summed E-state index contributed by atoms with van der Waals surface area (Å²) in [6.07, 6.45) is 3.53. The van der Waals surface area contributed by atoms with Crippen LogP contribution in [-0.4, -0.2) is 16.2 Å². The fourth-order valence-corrected chi connectivity index (χ4v) is 2.55. The molecule has 5 heteroatoms. The first-order valence-corrected chi connectivity index (χ1v) is 8.11. The van der Waals surface area contributed by atoms with Gasteiger partial charge in [-0.1, -0.05) is 41.5 Å². The van der Waals surface area contributed by atoms with Crippen LogP contribution in [-0.2, 0) is 15.6 Å². The lowest BCUT2D eigenvalue weighted by Gasteiger charge is -2.30. The molecule has 0 saturated carbocycles. The van der Waals surface area contributed by atoms with E-state index < -0.39 is 0 Å². The number of H-pyrrole nitrogens is 1. The second kappa shape index (κ2) is 6.30. The lowest BCUT2D eigenvalue weighted by molar-refractivity contribution is -0.132. The Labute approximate surface area is 143 Å². The van der Waals surface area contributed by atoms with Crippen LogP contribution in [0, 0.1) is 0 Å². The van der Waals surface area contributed by atoms with E-state index in [0.717, 1.165) is 22.5 Å². The van der Waals surface area contributed by atoms with Crippen LogP contribution in [0.5, 0.6) is 5.75 Å². The maximum absolute atomic E-state index is 11.7. The van der Waals surface area contributed by atoms with Gasteiger partial charge < -0.3 is 10.1 Å². The number of anilines is 2. The van der Waals surface area contributed by atoms with Gasteiger partial charge in [0.25, 0.3) is 0 Å². The molecule has 2 aromatic rings. The number of ether oxygens (including phenoxy) is 1. The van der Waals surface area contributed by atoms with E-state index in [1.807, 2.05) is 12.1 Å². The molecule has 1 heterocycles. The van der Waals surface area contributed by atoms with Crippen molar-refractivity contribution in [2.24, 2.45) is 0 Å². The average Bonchev–Trinajstić information content (AvgIpc) is 2.89. The third-order valence-corrected chi connectivity index (χ3v) is 3.74. The number of nitrogens with one attached hydrogen (secondary N) is 2. The quantitative estimate of drug-likeness (QED) is 0.634. The number of esters is 1. The van der Waals surface area contributed by atoms with Crippen molar-refractivity contribution in [3.05, 3.63) is 35.7 Å².